The highest BCUT2D eigenvalue weighted by atomic mass is 32.2. The Bertz CT molecular complexity index is 792. The molecule has 2 aromatic carbocycles. The Morgan fingerprint density at radius 3 is 2.29 bits per heavy atom. The number of hydrogen-bond donors (Lipinski definition) is 1. The van der Waals surface area contributed by atoms with Crippen molar-refractivity contribution in [1.82, 2.24) is 10.2 Å². The summed E-state index contributed by atoms with van der Waals surface area (Å²) in [6.45, 7) is 9.45. The smallest absolute Gasteiger partial charge is 0.269 e. The minimum absolute atomic E-state index is 0.0475. The number of nitro groups is 1. The number of non-ortho nitro benzene ring substituents is 1. The van der Waals surface area contributed by atoms with Gasteiger partial charge in [-0.05, 0) is 43.3 Å². The maximum absolute atomic E-state index is 12.5. The van der Waals surface area contributed by atoms with E-state index in [0.29, 0.717) is 6.54 Å². The van der Waals surface area contributed by atoms with Gasteiger partial charge < -0.3 is 5.32 Å². The largest absolute Gasteiger partial charge is 0.351 e. The van der Waals surface area contributed by atoms with E-state index in [1.54, 1.807) is 12.1 Å². The topological polar surface area (TPSA) is 75.5 Å². The lowest BCUT2D eigenvalue weighted by Crippen LogP contribution is -2.31. The molecule has 0 saturated heterocycles. The molecule has 0 unspecified atom stereocenters. The summed E-state index contributed by atoms with van der Waals surface area (Å²) in [5.41, 5.74) is 2.39. The van der Waals surface area contributed by atoms with E-state index < -0.39 is 4.92 Å². The van der Waals surface area contributed by atoms with Crippen LogP contribution < -0.4 is 5.32 Å². The molecule has 7 heteroatoms. The summed E-state index contributed by atoms with van der Waals surface area (Å²) in [6.07, 6.45) is 0. The molecule has 0 fully saturated rings. The minimum Gasteiger partial charge on any atom is -0.351 e. The molecule has 0 heterocycles. The van der Waals surface area contributed by atoms with Gasteiger partial charge in [-0.3, -0.25) is 19.8 Å². The van der Waals surface area contributed by atoms with Gasteiger partial charge in [0, 0.05) is 30.1 Å². The molecule has 2 rings (SSSR count). The zero-order chi connectivity index (χ0) is 20.5. The highest BCUT2D eigenvalue weighted by molar-refractivity contribution is 8.00. The van der Waals surface area contributed by atoms with E-state index in [1.165, 1.54) is 29.5 Å². The normalized spacial score (nSPS) is 12.0. The Kier molecular flexibility index (Phi) is 8.47. The summed E-state index contributed by atoms with van der Waals surface area (Å²) in [5.74, 6) is -0.0546. The van der Waals surface area contributed by atoms with Crippen LogP contribution in [0.25, 0.3) is 0 Å². The zero-order valence-corrected chi connectivity index (χ0v) is 17.4. The van der Waals surface area contributed by atoms with E-state index in [2.05, 4.69) is 30.1 Å². The highest BCUT2D eigenvalue weighted by Gasteiger charge is 2.16. The molecule has 0 saturated carbocycles. The van der Waals surface area contributed by atoms with Crippen molar-refractivity contribution in [3.05, 3.63) is 69.8 Å². The third-order valence-corrected chi connectivity index (χ3v) is 5.70. The number of nitrogens with zero attached hydrogens (tertiary/aromatic N) is 2. The second-order valence-corrected chi connectivity index (χ2v) is 7.87. The van der Waals surface area contributed by atoms with E-state index in [9.17, 15) is 14.9 Å². The number of carbonyl (C=O) groups excluding carboxylic acids is 1. The first-order valence-electron chi connectivity index (χ1n) is 9.42. The number of nitro benzene ring substituents is 1. The molecule has 6 nitrogen and oxygen atoms in total. The van der Waals surface area contributed by atoms with Crippen molar-refractivity contribution < 1.29 is 9.72 Å². The lowest BCUT2D eigenvalue weighted by molar-refractivity contribution is -0.384. The van der Waals surface area contributed by atoms with Gasteiger partial charge in [0.05, 0.1) is 10.2 Å². The summed E-state index contributed by atoms with van der Waals surface area (Å²) in [5, 5.41) is 13.4. The third-order valence-electron chi connectivity index (χ3n) is 4.59. The predicted octanol–water partition coefficient (Wildman–Crippen LogP) is 4.23. The molecule has 2 aromatic rings. The average molecular weight is 402 g/mol. The van der Waals surface area contributed by atoms with Gasteiger partial charge in [0.1, 0.15) is 0 Å². The van der Waals surface area contributed by atoms with Crippen molar-refractivity contribution in [2.75, 3.05) is 13.1 Å². The fraction of sp³-hybridized carbons (Fsp3) is 0.381. The lowest BCUT2D eigenvalue weighted by atomic mass is 10.1. The molecular weight excluding hydrogens is 374 g/mol. The van der Waals surface area contributed by atoms with E-state index in [1.807, 2.05) is 25.1 Å². The average Bonchev–Trinajstić information content (AvgIpc) is 2.71. The maximum atomic E-state index is 12.5. The molecule has 1 amide bonds. The molecule has 28 heavy (non-hydrogen) atoms. The number of benzene rings is 2. The number of nitrogens with one attached hydrogen (secondary N) is 1. The van der Waals surface area contributed by atoms with Gasteiger partial charge in [-0.2, -0.15) is 0 Å². The standard InChI is InChI=1S/C21H27N3O3S/c1-4-23(5-2)15-18-9-7-6-8-17(18)14-22-21(25)16(3)28-20-12-10-19(11-13-20)24(26)27/h6-13,16H,4-5,14-15H2,1-3H3,(H,22,25)/t16-/m0/s1. The van der Waals surface area contributed by atoms with Crippen molar-refractivity contribution >= 4 is 23.4 Å². The van der Waals surface area contributed by atoms with Crippen molar-refractivity contribution in [3.63, 3.8) is 0 Å². The van der Waals surface area contributed by atoms with Crippen LogP contribution in [0.2, 0.25) is 0 Å². The molecule has 150 valence electrons. The fourth-order valence-electron chi connectivity index (χ4n) is 2.80. The quantitative estimate of drug-likeness (QED) is 0.366. The van der Waals surface area contributed by atoms with Crippen molar-refractivity contribution in [2.45, 2.75) is 44.0 Å². The summed E-state index contributed by atoms with van der Waals surface area (Å²) in [7, 11) is 0. The van der Waals surface area contributed by atoms with Crippen LogP contribution in [-0.2, 0) is 17.9 Å². The van der Waals surface area contributed by atoms with Gasteiger partial charge in [0.2, 0.25) is 5.91 Å². The number of amides is 1. The molecule has 1 atom stereocenters. The minimum atomic E-state index is -0.430. The predicted molar refractivity (Wildman–Crippen MR) is 113 cm³/mol. The molecule has 0 spiro atoms. The summed E-state index contributed by atoms with van der Waals surface area (Å²) in [6, 6.07) is 14.4. The van der Waals surface area contributed by atoms with Crippen LogP contribution >= 0.6 is 11.8 Å². The second-order valence-electron chi connectivity index (χ2n) is 6.46. The molecule has 1 N–H and O–H groups in total. The molecule has 0 aliphatic heterocycles. The Hall–Kier alpha value is -2.38. The van der Waals surface area contributed by atoms with E-state index in [0.717, 1.165) is 30.1 Å². The lowest BCUT2D eigenvalue weighted by Gasteiger charge is -2.20. The first-order valence-corrected chi connectivity index (χ1v) is 10.3. The first kappa shape index (κ1) is 21.9. The number of carbonyl (C=O) groups is 1. The van der Waals surface area contributed by atoms with Crippen LogP contribution in [0, 0.1) is 10.1 Å². The van der Waals surface area contributed by atoms with Crippen molar-refractivity contribution in [3.8, 4) is 0 Å². The summed E-state index contributed by atoms with van der Waals surface area (Å²) in [4.78, 5) is 26.0. The summed E-state index contributed by atoms with van der Waals surface area (Å²) >= 11 is 1.39. The van der Waals surface area contributed by atoms with Crippen LogP contribution in [0.15, 0.2) is 53.4 Å². The molecule has 0 aromatic heterocycles. The number of rotatable bonds is 10. The SMILES string of the molecule is CCN(CC)Cc1ccccc1CNC(=O)[C@H](C)Sc1ccc([N+](=O)[O-])cc1. The third kappa shape index (κ3) is 6.35. The van der Waals surface area contributed by atoms with Gasteiger partial charge in [-0.1, -0.05) is 38.1 Å². The molecular formula is C21H27N3O3S. The van der Waals surface area contributed by atoms with E-state index in [-0.39, 0.29) is 16.8 Å². The number of thioether (sulfide) groups is 1. The molecule has 0 bridgehead atoms. The van der Waals surface area contributed by atoms with Crippen LogP contribution in [0.5, 0.6) is 0 Å². The number of hydrogen-bond acceptors (Lipinski definition) is 5. The fourth-order valence-corrected chi connectivity index (χ4v) is 3.69. The Morgan fingerprint density at radius 2 is 1.71 bits per heavy atom. The molecule has 0 aliphatic rings. The summed E-state index contributed by atoms with van der Waals surface area (Å²) < 4.78 is 0. The van der Waals surface area contributed by atoms with Crippen LogP contribution in [-0.4, -0.2) is 34.1 Å². The monoisotopic (exact) mass is 401 g/mol. The van der Waals surface area contributed by atoms with Gasteiger partial charge in [-0.15, -0.1) is 11.8 Å². The van der Waals surface area contributed by atoms with E-state index in [4.69, 9.17) is 0 Å². The Labute approximate surface area is 170 Å². The van der Waals surface area contributed by atoms with Crippen LogP contribution in [0.3, 0.4) is 0 Å². The maximum Gasteiger partial charge on any atom is 0.269 e. The molecule has 0 aliphatic carbocycles. The van der Waals surface area contributed by atoms with Gasteiger partial charge >= 0.3 is 0 Å². The second kappa shape index (κ2) is 10.8. The van der Waals surface area contributed by atoms with Crippen molar-refractivity contribution in [2.24, 2.45) is 0 Å². The van der Waals surface area contributed by atoms with Gasteiger partial charge in [0.25, 0.3) is 5.69 Å². The van der Waals surface area contributed by atoms with E-state index >= 15 is 0 Å². The van der Waals surface area contributed by atoms with Crippen LogP contribution in [0.1, 0.15) is 31.9 Å². The first-order chi connectivity index (χ1) is 13.4. The zero-order valence-electron chi connectivity index (χ0n) is 16.6. The van der Waals surface area contributed by atoms with Crippen molar-refractivity contribution in [1.29, 1.82) is 0 Å². The Balaban J connectivity index is 1.93. The highest BCUT2D eigenvalue weighted by Crippen LogP contribution is 2.25. The molecule has 0 radical (unpaired) electrons. The van der Waals surface area contributed by atoms with Gasteiger partial charge in [-0.25, -0.2) is 0 Å². The van der Waals surface area contributed by atoms with Gasteiger partial charge in [0.15, 0.2) is 0 Å². The Morgan fingerprint density at radius 1 is 1.11 bits per heavy atom. The van der Waals surface area contributed by atoms with Crippen LogP contribution in [0.4, 0.5) is 5.69 Å².